The van der Waals surface area contributed by atoms with Crippen molar-refractivity contribution in [3.63, 3.8) is 0 Å². The maximum absolute atomic E-state index is 11.7. The molecule has 114 valence electrons. The van der Waals surface area contributed by atoms with Crippen LogP contribution in [0.15, 0.2) is 11.0 Å². The Morgan fingerprint density at radius 1 is 1.43 bits per heavy atom. The molecule has 3 aliphatic rings. The van der Waals surface area contributed by atoms with E-state index in [1.54, 1.807) is 13.1 Å². The van der Waals surface area contributed by atoms with Gasteiger partial charge in [-0.25, -0.2) is 0 Å². The minimum atomic E-state index is -0.216. The summed E-state index contributed by atoms with van der Waals surface area (Å²) in [5, 5.41) is 0. The lowest BCUT2D eigenvalue weighted by Gasteiger charge is -2.29. The van der Waals surface area contributed by atoms with Crippen LogP contribution >= 0.6 is 11.8 Å². The number of hydrogen-bond acceptors (Lipinski definition) is 6. The van der Waals surface area contributed by atoms with Gasteiger partial charge in [0.25, 0.3) is 5.56 Å². The van der Waals surface area contributed by atoms with E-state index in [9.17, 15) is 4.79 Å². The van der Waals surface area contributed by atoms with E-state index in [2.05, 4.69) is 9.88 Å². The van der Waals surface area contributed by atoms with Gasteiger partial charge in [0.15, 0.2) is 0 Å². The van der Waals surface area contributed by atoms with E-state index in [0.717, 1.165) is 26.1 Å². The van der Waals surface area contributed by atoms with Crippen molar-refractivity contribution < 1.29 is 9.47 Å². The van der Waals surface area contributed by atoms with Crippen LogP contribution in [0.5, 0.6) is 6.01 Å². The van der Waals surface area contributed by atoms with Crippen LogP contribution in [0.1, 0.15) is 18.2 Å². The number of fused-ring (bicyclic) bond motifs is 4. The van der Waals surface area contributed by atoms with E-state index in [0.29, 0.717) is 11.6 Å². The van der Waals surface area contributed by atoms with E-state index in [4.69, 9.17) is 9.47 Å². The van der Waals surface area contributed by atoms with E-state index in [1.807, 2.05) is 16.3 Å². The van der Waals surface area contributed by atoms with Crippen molar-refractivity contribution in [2.75, 3.05) is 31.1 Å². The second kappa shape index (κ2) is 5.30. The summed E-state index contributed by atoms with van der Waals surface area (Å²) in [4.78, 5) is 18.1. The lowest BCUT2D eigenvalue weighted by atomic mass is 10.1. The highest BCUT2D eigenvalue weighted by Crippen LogP contribution is 2.38. The number of hydrogen-bond donors (Lipinski definition) is 0. The summed E-state index contributed by atoms with van der Waals surface area (Å²) in [6, 6.07) is 0.406. The number of ether oxygens (including phenoxy) is 2. The smallest absolute Gasteiger partial charge is 0.302 e. The number of aromatic nitrogens is 2. The Bertz CT molecular complexity index is 600. The molecule has 0 unspecified atom stereocenters. The molecule has 0 aromatic carbocycles. The molecule has 2 saturated heterocycles. The van der Waals surface area contributed by atoms with Gasteiger partial charge < -0.3 is 9.47 Å². The van der Waals surface area contributed by atoms with Crippen molar-refractivity contribution in [1.82, 2.24) is 14.5 Å². The first kappa shape index (κ1) is 13.6. The molecule has 4 heterocycles. The monoisotopic (exact) mass is 309 g/mol. The maximum atomic E-state index is 11.7. The standard InChI is InChI=1S/C14H19N3O3S/c1-9-7-17-12-6-10(20-14(17)15-13(9)18)11(19-12)8-16-2-4-21-5-3-16/h7,10-12H,2-6,8H2,1H3/t10-,11-,12-/m1/s1. The van der Waals surface area contributed by atoms with Gasteiger partial charge in [0.2, 0.25) is 0 Å². The molecule has 0 N–H and O–H groups in total. The van der Waals surface area contributed by atoms with Crippen LogP contribution in [0, 0.1) is 6.92 Å². The number of thioether (sulfide) groups is 1. The van der Waals surface area contributed by atoms with Gasteiger partial charge in [-0.1, -0.05) is 0 Å². The van der Waals surface area contributed by atoms with Gasteiger partial charge in [0, 0.05) is 49.3 Å². The topological polar surface area (TPSA) is 56.6 Å². The average molecular weight is 309 g/mol. The van der Waals surface area contributed by atoms with Crippen molar-refractivity contribution in [3.8, 4) is 6.01 Å². The largest absolute Gasteiger partial charge is 0.458 e. The average Bonchev–Trinajstić information content (AvgIpc) is 2.81. The molecule has 0 amide bonds. The Kier molecular flexibility index (Phi) is 3.43. The third-order valence-corrected chi connectivity index (χ3v) is 5.32. The minimum absolute atomic E-state index is 0.0131. The molecule has 2 fully saturated rings. The lowest BCUT2D eigenvalue weighted by molar-refractivity contribution is -0.0134. The first-order valence-corrected chi connectivity index (χ1v) is 8.58. The second-order valence-electron chi connectivity index (χ2n) is 5.85. The van der Waals surface area contributed by atoms with Crippen molar-refractivity contribution in [1.29, 1.82) is 0 Å². The molecule has 1 aromatic heterocycles. The fraction of sp³-hybridized carbons (Fsp3) is 0.714. The predicted molar refractivity (Wildman–Crippen MR) is 79.9 cm³/mol. The van der Waals surface area contributed by atoms with Crippen LogP contribution in [-0.2, 0) is 4.74 Å². The van der Waals surface area contributed by atoms with Gasteiger partial charge in [0.1, 0.15) is 18.4 Å². The molecular formula is C14H19N3O3S. The quantitative estimate of drug-likeness (QED) is 0.799. The third kappa shape index (κ3) is 2.47. The molecule has 7 heteroatoms. The van der Waals surface area contributed by atoms with Crippen LogP contribution in [0.3, 0.4) is 0 Å². The molecule has 0 saturated carbocycles. The van der Waals surface area contributed by atoms with Gasteiger partial charge in [-0.2, -0.15) is 16.7 Å². The van der Waals surface area contributed by atoms with Crippen LogP contribution in [-0.4, -0.2) is 57.8 Å². The van der Waals surface area contributed by atoms with E-state index in [-0.39, 0.29) is 24.0 Å². The molecule has 3 atom stereocenters. The SMILES string of the molecule is Cc1cn2c(nc1=O)O[C@@H]1C[C@H]2O[C@@H]1CN1CCSCC1. The van der Waals surface area contributed by atoms with E-state index in [1.165, 1.54) is 11.5 Å². The first-order valence-electron chi connectivity index (χ1n) is 7.43. The zero-order valence-electron chi connectivity index (χ0n) is 12.0. The Balaban J connectivity index is 1.52. The number of aryl methyl sites for hydroxylation is 1. The van der Waals surface area contributed by atoms with Crippen molar-refractivity contribution >= 4 is 11.8 Å². The summed E-state index contributed by atoms with van der Waals surface area (Å²) in [7, 11) is 0. The summed E-state index contributed by atoms with van der Waals surface area (Å²) < 4.78 is 13.9. The normalized spacial score (nSPS) is 31.8. The van der Waals surface area contributed by atoms with Crippen LogP contribution < -0.4 is 10.3 Å². The number of rotatable bonds is 2. The molecule has 4 rings (SSSR count). The molecule has 6 nitrogen and oxygen atoms in total. The molecule has 0 aliphatic carbocycles. The van der Waals surface area contributed by atoms with Crippen molar-refractivity contribution in [2.45, 2.75) is 31.8 Å². The summed E-state index contributed by atoms with van der Waals surface area (Å²) in [5.74, 6) is 2.38. The minimum Gasteiger partial charge on any atom is -0.458 e. The highest BCUT2D eigenvalue weighted by molar-refractivity contribution is 7.99. The third-order valence-electron chi connectivity index (χ3n) is 4.38. The Morgan fingerprint density at radius 2 is 2.24 bits per heavy atom. The molecule has 21 heavy (non-hydrogen) atoms. The van der Waals surface area contributed by atoms with Crippen LogP contribution in [0.4, 0.5) is 0 Å². The molecule has 0 spiro atoms. The fourth-order valence-corrected chi connectivity index (χ4v) is 4.16. The van der Waals surface area contributed by atoms with Gasteiger partial charge in [0.05, 0.1) is 0 Å². The Hall–Kier alpha value is -1.05. The second-order valence-corrected chi connectivity index (χ2v) is 7.08. The highest BCUT2D eigenvalue weighted by atomic mass is 32.2. The highest BCUT2D eigenvalue weighted by Gasteiger charge is 2.43. The van der Waals surface area contributed by atoms with Crippen molar-refractivity contribution in [2.24, 2.45) is 0 Å². The van der Waals surface area contributed by atoms with E-state index >= 15 is 0 Å². The van der Waals surface area contributed by atoms with Gasteiger partial charge in [-0.05, 0) is 6.92 Å². The maximum Gasteiger partial charge on any atom is 0.302 e. The van der Waals surface area contributed by atoms with Gasteiger partial charge in [-0.3, -0.25) is 14.3 Å². The molecule has 1 aromatic rings. The fourth-order valence-electron chi connectivity index (χ4n) is 3.18. The predicted octanol–water partition coefficient (Wildman–Crippen LogP) is 0.649. The number of nitrogens with zero attached hydrogens (tertiary/aromatic N) is 3. The summed E-state index contributed by atoms with van der Waals surface area (Å²) >= 11 is 2.01. The summed E-state index contributed by atoms with van der Waals surface area (Å²) in [6.07, 6.45) is 2.67. The van der Waals surface area contributed by atoms with Crippen LogP contribution in [0.2, 0.25) is 0 Å². The van der Waals surface area contributed by atoms with Crippen molar-refractivity contribution in [3.05, 3.63) is 22.1 Å². The van der Waals surface area contributed by atoms with Crippen LogP contribution in [0.25, 0.3) is 0 Å². The van der Waals surface area contributed by atoms with Gasteiger partial charge in [-0.15, -0.1) is 0 Å². The summed E-state index contributed by atoms with van der Waals surface area (Å²) in [5.41, 5.74) is 0.410. The Labute approximate surface area is 127 Å². The molecule has 0 radical (unpaired) electrons. The Morgan fingerprint density at radius 3 is 3.05 bits per heavy atom. The molecule has 2 bridgehead atoms. The molecular weight excluding hydrogens is 290 g/mol. The molecule has 3 aliphatic heterocycles. The summed E-state index contributed by atoms with van der Waals surface area (Å²) in [6.45, 7) is 4.90. The van der Waals surface area contributed by atoms with E-state index < -0.39 is 0 Å². The lowest BCUT2D eigenvalue weighted by Crippen LogP contribution is -2.43. The zero-order valence-corrected chi connectivity index (χ0v) is 12.8. The zero-order chi connectivity index (χ0) is 14.4. The first-order chi connectivity index (χ1) is 10.2. The van der Waals surface area contributed by atoms with Gasteiger partial charge >= 0.3 is 6.01 Å².